The molecule has 1 heterocycles. The Balaban J connectivity index is 1.67. The van der Waals surface area contributed by atoms with E-state index in [1.807, 2.05) is 0 Å². The summed E-state index contributed by atoms with van der Waals surface area (Å²) in [6, 6.07) is 3.26. The van der Waals surface area contributed by atoms with Crippen LogP contribution in [0.4, 0.5) is 0 Å². The van der Waals surface area contributed by atoms with Gasteiger partial charge in [0, 0.05) is 24.7 Å². The number of hydrazone groups is 1. The Morgan fingerprint density at radius 1 is 1.29 bits per heavy atom. The van der Waals surface area contributed by atoms with Gasteiger partial charge in [-0.1, -0.05) is 25.3 Å². The number of carboxylic acid groups (broad SMARTS) is 1. The Bertz CT molecular complexity index is 952. The molecule has 1 saturated carbocycles. The molecule has 10 heteroatoms. The van der Waals surface area contributed by atoms with Crippen LogP contribution in [0.5, 0.6) is 5.75 Å². The second-order valence-corrected chi connectivity index (χ2v) is 8.96. The predicted octanol–water partition coefficient (Wildman–Crippen LogP) is 1.40. The third kappa shape index (κ3) is 6.25. The van der Waals surface area contributed by atoms with Crippen LogP contribution in [-0.4, -0.2) is 75.2 Å². The fraction of sp³-hybridized carbons (Fsp3) is 0.583. The first-order chi connectivity index (χ1) is 16.7. The molecule has 0 aromatic heterocycles. The lowest BCUT2D eigenvalue weighted by Gasteiger charge is -2.38. The van der Waals surface area contributed by atoms with Gasteiger partial charge in [0.05, 0.1) is 20.1 Å². The minimum atomic E-state index is -1.54. The maximum atomic E-state index is 13.5. The number of nitrogens with one attached hydrogen (secondary N) is 1. The van der Waals surface area contributed by atoms with E-state index in [4.69, 9.17) is 7.21 Å². The monoisotopic (exact) mass is 474 g/mol. The molecule has 34 heavy (non-hydrogen) atoms. The third-order valence-corrected chi connectivity index (χ3v) is 6.67. The smallest absolute Gasteiger partial charge is 0.317 e. The SMILES string of the molecule is [2H]C(C(=O)O)N(C1CCCCC1)[C@@H](C)C(=O)N1CCC[C@H]1C(=O)NCc1ccc(C=NN)c(O)c1. The molecule has 1 unspecified atom stereocenters. The molecule has 1 aliphatic carbocycles. The lowest BCUT2D eigenvalue weighted by Crippen LogP contribution is -2.55. The van der Waals surface area contributed by atoms with Crippen molar-refractivity contribution >= 4 is 24.0 Å². The minimum Gasteiger partial charge on any atom is -0.507 e. The zero-order valence-corrected chi connectivity index (χ0v) is 19.5. The van der Waals surface area contributed by atoms with Gasteiger partial charge in [-0.2, -0.15) is 5.10 Å². The number of hydrogen-bond acceptors (Lipinski definition) is 7. The van der Waals surface area contributed by atoms with Gasteiger partial charge in [-0.05, 0) is 50.3 Å². The molecule has 1 saturated heterocycles. The number of likely N-dealkylation sites (tertiary alicyclic amines) is 1. The number of benzene rings is 1. The summed E-state index contributed by atoms with van der Waals surface area (Å²) in [5.41, 5.74) is 1.14. The molecule has 2 aliphatic rings. The Kier molecular flexibility index (Phi) is 8.35. The van der Waals surface area contributed by atoms with Crippen LogP contribution in [-0.2, 0) is 20.9 Å². The summed E-state index contributed by atoms with van der Waals surface area (Å²) >= 11 is 0. The Hall–Kier alpha value is -3.14. The number of aliphatic carboxylic acids is 1. The van der Waals surface area contributed by atoms with E-state index in [9.17, 15) is 24.6 Å². The molecule has 2 fully saturated rings. The Morgan fingerprint density at radius 2 is 2.03 bits per heavy atom. The quantitative estimate of drug-likeness (QED) is 0.240. The number of carbonyl (C=O) groups is 3. The van der Waals surface area contributed by atoms with E-state index in [-0.39, 0.29) is 30.2 Å². The van der Waals surface area contributed by atoms with Crippen LogP contribution in [0.25, 0.3) is 0 Å². The highest BCUT2D eigenvalue weighted by atomic mass is 16.4. The molecule has 3 rings (SSSR count). The number of hydrogen-bond donors (Lipinski definition) is 4. The second kappa shape index (κ2) is 11.8. The standard InChI is InChI=1S/C24H35N5O5/c1-16(29(15-22(31)32)19-6-3-2-4-7-19)24(34)28-11-5-8-20(28)23(33)26-13-17-9-10-18(14-27-25)21(30)12-17/h9-10,12,14,16,19-20,30H,2-8,11,13,15,25H2,1H3,(H,26,33)(H,31,32)/t16-,20-/m0/s1/i15D/t15?,16-,20-. The number of nitrogens with zero attached hydrogens (tertiary/aromatic N) is 3. The number of rotatable bonds is 9. The molecule has 3 atom stereocenters. The van der Waals surface area contributed by atoms with E-state index in [1.54, 1.807) is 19.1 Å². The number of nitrogens with two attached hydrogens (primary N) is 1. The van der Waals surface area contributed by atoms with Crippen LogP contribution in [0.3, 0.4) is 0 Å². The van der Waals surface area contributed by atoms with E-state index in [2.05, 4.69) is 10.4 Å². The molecule has 1 aromatic rings. The van der Waals surface area contributed by atoms with Gasteiger partial charge in [0.15, 0.2) is 0 Å². The first-order valence-electron chi connectivity index (χ1n) is 12.4. The van der Waals surface area contributed by atoms with Crippen LogP contribution in [0.1, 0.15) is 64.4 Å². The summed E-state index contributed by atoms with van der Waals surface area (Å²) in [6.07, 6.45) is 6.96. The summed E-state index contributed by atoms with van der Waals surface area (Å²) in [5.74, 6) is 3.19. The summed E-state index contributed by atoms with van der Waals surface area (Å²) in [7, 11) is 0. The molecule has 186 valence electrons. The Labute approximate surface area is 201 Å². The maximum Gasteiger partial charge on any atom is 0.317 e. The molecule has 2 amide bonds. The predicted molar refractivity (Wildman–Crippen MR) is 127 cm³/mol. The lowest BCUT2D eigenvalue weighted by atomic mass is 9.93. The van der Waals surface area contributed by atoms with Crippen molar-refractivity contribution in [2.45, 2.75) is 76.5 Å². The number of phenols is 1. The second-order valence-electron chi connectivity index (χ2n) is 8.96. The average molecular weight is 475 g/mol. The van der Waals surface area contributed by atoms with E-state index < -0.39 is 24.6 Å². The summed E-state index contributed by atoms with van der Waals surface area (Å²) in [5, 5.41) is 25.8. The van der Waals surface area contributed by atoms with Crippen LogP contribution in [0.2, 0.25) is 0 Å². The molecule has 0 bridgehead atoms. The van der Waals surface area contributed by atoms with Crippen molar-refractivity contribution in [1.29, 1.82) is 0 Å². The molecular formula is C24H35N5O5. The van der Waals surface area contributed by atoms with Crippen molar-refractivity contribution in [3.8, 4) is 5.75 Å². The summed E-state index contributed by atoms with van der Waals surface area (Å²) in [4.78, 5) is 41.1. The number of carbonyl (C=O) groups excluding carboxylic acids is 2. The first-order valence-corrected chi connectivity index (χ1v) is 11.8. The number of amides is 2. The summed E-state index contributed by atoms with van der Waals surface area (Å²) < 4.78 is 8.21. The van der Waals surface area contributed by atoms with Gasteiger partial charge in [-0.25, -0.2) is 0 Å². The topological polar surface area (TPSA) is 149 Å². The van der Waals surface area contributed by atoms with Gasteiger partial charge in [-0.3, -0.25) is 19.3 Å². The van der Waals surface area contributed by atoms with E-state index >= 15 is 0 Å². The van der Waals surface area contributed by atoms with Crippen molar-refractivity contribution < 1.29 is 26.0 Å². The maximum absolute atomic E-state index is 13.5. The van der Waals surface area contributed by atoms with Crippen LogP contribution >= 0.6 is 0 Å². The largest absolute Gasteiger partial charge is 0.507 e. The van der Waals surface area contributed by atoms with Crippen molar-refractivity contribution in [3.63, 3.8) is 0 Å². The molecule has 1 aliphatic heterocycles. The van der Waals surface area contributed by atoms with E-state index in [0.29, 0.717) is 30.5 Å². The van der Waals surface area contributed by atoms with Crippen molar-refractivity contribution in [3.05, 3.63) is 29.3 Å². The van der Waals surface area contributed by atoms with Crippen LogP contribution in [0, 0.1) is 0 Å². The van der Waals surface area contributed by atoms with Gasteiger partial charge in [0.1, 0.15) is 11.8 Å². The molecule has 0 radical (unpaired) electrons. The van der Waals surface area contributed by atoms with Crippen molar-refractivity contribution in [1.82, 2.24) is 15.1 Å². The van der Waals surface area contributed by atoms with Crippen molar-refractivity contribution in [2.24, 2.45) is 10.9 Å². The van der Waals surface area contributed by atoms with E-state index in [1.165, 1.54) is 22.1 Å². The van der Waals surface area contributed by atoms with Crippen LogP contribution < -0.4 is 11.2 Å². The zero-order valence-electron chi connectivity index (χ0n) is 20.5. The van der Waals surface area contributed by atoms with Crippen LogP contribution in [0.15, 0.2) is 23.3 Å². The third-order valence-electron chi connectivity index (χ3n) is 6.67. The molecule has 10 nitrogen and oxygen atoms in total. The molecule has 0 spiro atoms. The van der Waals surface area contributed by atoms with Crippen molar-refractivity contribution in [2.75, 3.05) is 13.1 Å². The number of phenolic OH excluding ortho intramolecular Hbond substituents is 1. The van der Waals surface area contributed by atoms with Gasteiger partial charge in [-0.15, -0.1) is 0 Å². The minimum absolute atomic E-state index is 0.0105. The lowest BCUT2D eigenvalue weighted by molar-refractivity contribution is -0.147. The van der Waals surface area contributed by atoms with E-state index in [0.717, 1.165) is 32.1 Å². The molecule has 1 aromatic carbocycles. The highest BCUT2D eigenvalue weighted by Gasteiger charge is 2.39. The Morgan fingerprint density at radius 3 is 2.68 bits per heavy atom. The highest BCUT2D eigenvalue weighted by molar-refractivity contribution is 5.90. The van der Waals surface area contributed by atoms with Gasteiger partial charge in [0.25, 0.3) is 0 Å². The summed E-state index contributed by atoms with van der Waals surface area (Å²) in [6.45, 7) is 0.683. The average Bonchev–Trinajstić information content (AvgIpc) is 3.34. The zero-order chi connectivity index (χ0) is 25.5. The molecule has 5 N–H and O–H groups in total. The number of carboxylic acids is 1. The van der Waals surface area contributed by atoms with Gasteiger partial charge < -0.3 is 26.3 Å². The number of aromatic hydroxyl groups is 1. The van der Waals surface area contributed by atoms with Gasteiger partial charge >= 0.3 is 5.97 Å². The molecular weight excluding hydrogens is 438 g/mol. The normalized spacial score (nSPS) is 21.4. The van der Waals surface area contributed by atoms with Gasteiger partial charge in [0.2, 0.25) is 11.8 Å². The highest BCUT2D eigenvalue weighted by Crippen LogP contribution is 2.26. The first kappa shape index (κ1) is 24.0. The fourth-order valence-electron chi connectivity index (χ4n) is 4.91. The fourth-order valence-corrected chi connectivity index (χ4v) is 4.91.